The second kappa shape index (κ2) is 8.16. The minimum absolute atomic E-state index is 0.000795. The Morgan fingerprint density at radius 1 is 1.21 bits per heavy atom. The molecule has 3 heterocycles. The molecule has 0 unspecified atom stereocenters. The molecule has 1 atom stereocenters. The first-order valence-corrected chi connectivity index (χ1v) is 10.5. The number of hydrogen-bond acceptors (Lipinski definition) is 6. The van der Waals surface area contributed by atoms with Crippen LogP contribution in [0.25, 0.3) is 11.4 Å². The third kappa shape index (κ3) is 3.80. The van der Waals surface area contributed by atoms with Crippen LogP contribution >= 0.6 is 11.8 Å². The van der Waals surface area contributed by atoms with Gasteiger partial charge in [-0.05, 0) is 49.2 Å². The SMILES string of the molecule is CCCn1c(SCC(=O)c2ccc3c(c2)[C@H](C)C(=O)N3)nnc1-c1ccncc1. The second-order valence-corrected chi connectivity index (χ2v) is 7.86. The van der Waals surface area contributed by atoms with E-state index in [1.165, 1.54) is 11.8 Å². The monoisotopic (exact) mass is 407 g/mol. The Labute approximate surface area is 173 Å². The van der Waals surface area contributed by atoms with Crippen molar-refractivity contribution in [2.24, 2.45) is 0 Å². The van der Waals surface area contributed by atoms with E-state index < -0.39 is 0 Å². The maximum absolute atomic E-state index is 12.8. The summed E-state index contributed by atoms with van der Waals surface area (Å²) in [5.41, 5.74) is 3.22. The lowest BCUT2D eigenvalue weighted by Crippen LogP contribution is -2.08. The van der Waals surface area contributed by atoms with Gasteiger partial charge in [0.05, 0.1) is 11.7 Å². The molecule has 1 N–H and O–H groups in total. The van der Waals surface area contributed by atoms with E-state index in [2.05, 4.69) is 27.4 Å². The first-order chi connectivity index (χ1) is 14.1. The van der Waals surface area contributed by atoms with Crippen molar-refractivity contribution >= 4 is 29.1 Å². The van der Waals surface area contributed by atoms with Gasteiger partial charge in [-0.25, -0.2) is 0 Å². The molecule has 1 aliphatic rings. The van der Waals surface area contributed by atoms with E-state index in [1.54, 1.807) is 24.5 Å². The summed E-state index contributed by atoms with van der Waals surface area (Å²) >= 11 is 1.38. The van der Waals surface area contributed by atoms with E-state index in [-0.39, 0.29) is 23.4 Å². The molecule has 8 heteroatoms. The minimum atomic E-state index is -0.235. The van der Waals surface area contributed by atoms with Crippen molar-refractivity contribution in [1.29, 1.82) is 0 Å². The van der Waals surface area contributed by atoms with Gasteiger partial charge in [0.25, 0.3) is 0 Å². The van der Waals surface area contributed by atoms with Crippen molar-refractivity contribution in [2.45, 2.75) is 37.9 Å². The van der Waals surface area contributed by atoms with Gasteiger partial charge in [0.1, 0.15) is 0 Å². The number of amides is 1. The van der Waals surface area contributed by atoms with Crippen molar-refractivity contribution in [3.05, 3.63) is 53.9 Å². The molecule has 4 rings (SSSR count). The topological polar surface area (TPSA) is 89.8 Å². The van der Waals surface area contributed by atoms with Gasteiger partial charge in [0.15, 0.2) is 16.8 Å². The molecule has 0 fully saturated rings. The number of hydrogen-bond donors (Lipinski definition) is 1. The summed E-state index contributed by atoms with van der Waals surface area (Å²) in [6, 6.07) is 9.18. The molecule has 0 spiro atoms. The molecule has 148 valence electrons. The molecule has 1 aliphatic heterocycles. The number of carbonyl (C=O) groups excluding carboxylic acids is 2. The molecule has 2 aromatic heterocycles. The van der Waals surface area contributed by atoms with Gasteiger partial charge in [-0.15, -0.1) is 10.2 Å². The highest BCUT2D eigenvalue weighted by atomic mass is 32.2. The van der Waals surface area contributed by atoms with Crippen LogP contribution in [0, 0.1) is 0 Å². The number of rotatable bonds is 7. The maximum Gasteiger partial charge on any atom is 0.231 e. The quantitative estimate of drug-likeness (QED) is 0.474. The molecule has 0 aliphatic carbocycles. The van der Waals surface area contributed by atoms with Gasteiger partial charge in [-0.3, -0.25) is 14.6 Å². The third-order valence-electron chi connectivity index (χ3n) is 4.93. The normalized spacial score (nSPS) is 15.2. The number of carbonyl (C=O) groups is 2. The molecule has 1 aromatic carbocycles. The predicted octanol–water partition coefficient (Wildman–Crippen LogP) is 3.78. The zero-order valence-corrected chi connectivity index (χ0v) is 17.1. The molecule has 3 aromatic rings. The van der Waals surface area contributed by atoms with E-state index in [4.69, 9.17) is 0 Å². The van der Waals surface area contributed by atoms with Crippen LogP contribution in [0.4, 0.5) is 5.69 Å². The second-order valence-electron chi connectivity index (χ2n) is 6.92. The molecule has 7 nitrogen and oxygen atoms in total. The van der Waals surface area contributed by atoms with Crippen LogP contribution in [0.3, 0.4) is 0 Å². The van der Waals surface area contributed by atoms with Crippen molar-refractivity contribution in [2.75, 3.05) is 11.1 Å². The maximum atomic E-state index is 12.8. The average molecular weight is 407 g/mol. The van der Waals surface area contributed by atoms with E-state index in [9.17, 15) is 9.59 Å². The van der Waals surface area contributed by atoms with Crippen molar-refractivity contribution in [1.82, 2.24) is 19.7 Å². The van der Waals surface area contributed by atoms with E-state index >= 15 is 0 Å². The number of thioether (sulfide) groups is 1. The van der Waals surface area contributed by atoms with Crippen LogP contribution in [0.5, 0.6) is 0 Å². The summed E-state index contributed by atoms with van der Waals surface area (Å²) < 4.78 is 2.04. The van der Waals surface area contributed by atoms with E-state index in [1.807, 2.05) is 29.7 Å². The highest BCUT2D eigenvalue weighted by Crippen LogP contribution is 2.33. The summed E-state index contributed by atoms with van der Waals surface area (Å²) in [6.07, 6.45) is 4.39. The fraction of sp³-hybridized carbons (Fsp3) is 0.286. The lowest BCUT2D eigenvalue weighted by Gasteiger charge is -2.09. The Bertz CT molecular complexity index is 1060. The van der Waals surface area contributed by atoms with Gasteiger partial charge in [0, 0.05) is 35.8 Å². The summed E-state index contributed by atoms with van der Waals surface area (Å²) in [5.74, 6) is 0.768. The standard InChI is InChI=1S/C21H21N5O2S/c1-3-10-26-19(14-6-8-22-9-7-14)24-25-21(26)29-12-18(27)15-4-5-17-16(11-15)13(2)20(28)23-17/h4-9,11,13H,3,10,12H2,1-2H3,(H,23,28)/t13-/m0/s1. The van der Waals surface area contributed by atoms with Gasteiger partial charge in [0.2, 0.25) is 5.91 Å². The van der Waals surface area contributed by atoms with Gasteiger partial charge in [-0.2, -0.15) is 0 Å². The average Bonchev–Trinajstić information content (AvgIpc) is 3.27. The summed E-state index contributed by atoms with van der Waals surface area (Å²) in [6.45, 7) is 4.71. The smallest absolute Gasteiger partial charge is 0.231 e. The van der Waals surface area contributed by atoms with Crippen LogP contribution in [-0.4, -0.2) is 37.2 Å². The van der Waals surface area contributed by atoms with E-state index in [0.29, 0.717) is 5.56 Å². The fourth-order valence-electron chi connectivity index (χ4n) is 3.34. The number of benzene rings is 1. The largest absolute Gasteiger partial charge is 0.325 e. The number of ketones is 1. The summed E-state index contributed by atoms with van der Waals surface area (Å²) in [5, 5.41) is 12.2. The van der Waals surface area contributed by atoms with Gasteiger partial charge in [-0.1, -0.05) is 18.7 Å². The summed E-state index contributed by atoms with van der Waals surface area (Å²) in [7, 11) is 0. The van der Waals surface area contributed by atoms with E-state index in [0.717, 1.165) is 40.8 Å². The Morgan fingerprint density at radius 2 is 2.00 bits per heavy atom. The number of pyridine rings is 1. The fourth-order valence-corrected chi connectivity index (χ4v) is 4.20. The number of aromatic nitrogens is 4. The molecule has 0 saturated carbocycles. The first-order valence-electron chi connectivity index (χ1n) is 9.53. The summed E-state index contributed by atoms with van der Waals surface area (Å²) in [4.78, 5) is 28.6. The lowest BCUT2D eigenvalue weighted by atomic mass is 9.99. The van der Waals surface area contributed by atoms with Crippen LogP contribution < -0.4 is 5.32 Å². The molecule has 0 bridgehead atoms. The lowest BCUT2D eigenvalue weighted by molar-refractivity contribution is -0.116. The Balaban J connectivity index is 1.52. The Morgan fingerprint density at radius 3 is 2.76 bits per heavy atom. The van der Waals surface area contributed by atoms with Crippen LogP contribution in [-0.2, 0) is 11.3 Å². The van der Waals surface area contributed by atoms with Crippen LogP contribution in [0.1, 0.15) is 42.1 Å². The molecule has 0 radical (unpaired) electrons. The highest BCUT2D eigenvalue weighted by molar-refractivity contribution is 7.99. The number of fused-ring (bicyclic) bond motifs is 1. The minimum Gasteiger partial charge on any atom is -0.325 e. The van der Waals surface area contributed by atoms with Crippen molar-refractivity contribution in [3.8, 4) is 11.4 Å². The zero-order chi connectivity index (χ0) is 20.4. The molecule has 1 amide bonds. The number of nitrogens with zero attached hydrogens (tertiary/aromatic N) is 4. The van der Waals surface area contributed by atoms with Crippen molar-refractivity contribution in [3.63, 3.8) is 0 Å². The van der Waals surface area contributed by atoms with Crippen LogP contribution in [0.2, 0.25) is 0 Å². The number of Topliss-reactive ketones (excluding diaryl/α,β-unsaturated/α-hetero) is 1. The highest BCUT2D eigenvalue weighted by Gasteiger charge is 2.27. The van der Waals surface area contributed by atoms with Gasteiger partial charge >= 0.3 is 0 Å². The zero-order valence-electron chi connectivity index (χ0n) is 16.3. The molecular formula is C21H21N5O2S. The third-order valence-corrected chi connectivity index (χ3v) is 5.89. The first kappa shape index (κ1) is 19.3. The molecule has 29 heavy (non-hydrogen) atoms. The van der Waals surface area contributed by atoms with Gasteiger partial charge < -0.3 is 9.88 Å². The Kier molecular flexibility index (Phi) is 5.44. The Hall–Kier alpha value is -3.00. The predicted molar refractivity (Wildman–Crippen MR) is 112 cm³/mol. The van der Waals surface area contributed by atoms with Crippen molar-refractivity contribution < 1.29 is 9.59 Å². The molecular weight excluding hydrogens is 386 g/mol. The van der Waals surface area contributed by atoms with Crippen LogP contribution in [0.15, 0.2) is 47.9 Å². The number of nitrogens with one attached hydrogen (secondary N) is 1. The number of anilines is 1. The molecule has 0 saturated heterocycles.